The molecule has 20 heavy (non-hydrogen) atoms. The minimum atomic E-state index is 0.0445. The number of ether oxygens (including phenoxy) is 1. The molecular formula is C16H24N2O2. The lowest BCUT2D eigenvalue weighted by Gasteiger charge is -2.17. The van der Waals surface area contributed by atoms with E-state index < -0.39 is 0 Å². The van der Waals surface area contributed by atoms with Gasteiger partial charge in [-0.2, -0.15) is 0 Å². The largest absolute Gasteiger partial charge is 0.385 e. The predicted octanol–water partition coefficient (Wildman–Crippen LogP) is 2.62. The number of hydrogen-bond donors (Lipinski definition) is 1. The van der Waals surface area contributed by atoms with E-state index in [1.807, 2.05) is 31.3 Å². The quantitative estimate of drug-likeness (QED) is 0.742. The maximum Gasteiger partial charge on any atom is 0.253 e. The van der Waals surface area contributed by atoms with Gasteiger partial charge in [-0.05, 0) is 49.9 Å². The van der Waals surface area contributed by atoms with E-state index in [1.165, 1.54) is 12.8 Å². The van der Waals surface area contributed by atoms with Crippen molar-refractivity contribution in [2.45, 2.75) is 19.8 Å². The number of anilines is 1. The average Bonchev–Trinajstić information content (AvgIpc) is 3.28. The molecule has 1 fully saturated rings. The summed E-state index contributed by atoms with van der Waals surface area (Å²) in [7, 11) is 1.82. The van der Waals surface area contributed by atoms with Crippen LogP contribution in [-0.2, 0) is 4.74 Å². The third-order valence-electron chi connectivity index (χ3n) is 3.48. The first-order valence-electron chi connectivity index (χ1n) is 7.38. The van der Waals surface area contributed by atoms with Gasteiger partial charge in [0.15, 0.2) is 0 Å². The zero-order chi connectivity index (χ0) is 14.4. The number of benzene rings is 1. The van der Waals surface area contributed by atoms with Crippen molar-refractivity contribution in [3.63, 3.8) is 0 Å². The van der Waals surface area contributed by atoms with Crippen LogP contribution in [0.4, 0.5) is 5.69 Å². The maximum atomic E-state index is 12.2. The number of amides is 1. The third-order valence-corrected chi connectivity index (χ3v) is 3.48. The Morgan fingerprint density at radius 1 is 1.35 bits per heavy atom. The summed E-state index contributed by atoms with van der Waals surface area (Å²) in [5.74, 6) is 0.817. The molecule has 1 saturated carbocycles. The number of rotatable bonds is 8. The van der Waals surface area contributed by atoms with Crippen LogP contribution in [0.15, 0.2) is 24.3 Å². The second-order valence-corrected chi connectivity index (χ2v) is 5.35. The molecule has 0 atom stereocenters. The van der Waals surface area contributed by atoms with Gasteiger partial charge in [0, 0.05) is 38.0 Å². The SMILES string of the molecule is CCNc1ccc(C(=O)N(C)CCOCC2CC2)cc1. The lowest BCUT2D eigenvalue weighted by atomic mass is 10.2. The number of nitrogens with zero attached hydrogens (tertiary/aromatic N) is 1. The van der Waals surface area contributed by atoms with Gasteiger partial charge in [-0.15, -0.1) is 0 Å². The molecule has 1 aliphatic carbocycles. The fourth-order valence-electron chi connectivity index (χ4n) is 1.99. The topological polar surface area (TPSA) is 41.6 Å². The normalized spacial score (nSPS) is 14.1. The van der Waals surface area contributed by atoms with Gasteiger partial charge in [-0.1, -0.05) is 0 Å². The van der Waals surface area contributed by atoms with Crippen molar-refractivity contribution in [1.82, 2.24) is 4.90 Å². The number of likely N-dealkylation sites (N-methyl/N-ethyl adjacent to an activating group) is 1. The number of nitrogens with one attached hydrogen (secondary N) is 1. The van der Waals surface area contributed by atoms with E-state index in [0.29, 0.717) is 13.2 Å². The van der Waals surface area contributed by atoms with Crippen LogP contribution in [0.25, 0.3) is 0 Å². The Kier molecular flexibility index (Phi) is 5.41. The molecule has 0 saturated heterocycles. The van der Waals surface area contributed by atoms with Gasteiger partial charge >= 0.3 is 0 Å². The van der Waals surface area contributed by atoms with Crippen LogP contribution in [0.5, 0.6) is 0 Å². The molecule has 0 heterocycles. The van der Waals surface area contributed by atoms with Crippen LogP contribution >= 0.6 is 0 Å². The molecule has 2 rings (SSSR count). The molecule has 4 heteroatoms. The zero-order valence-corrected chi connectivity index (χ0v) is 12.4. The first kappa shape index (κ1) is 14.9. The summed E-state index contributed by atoms with van der Waals surface area (Å²) in [6.07, 6.45) is 2.60. The maximum absolute atomic E-state index is 12.2. The highest BCUT2D eigenvalue weighted by Gasteiger charge is 2.21. The molecule has 0 spiro atoms. The highest BCUT2D eigenvalue weighted by molar-refractivity contribution is 5.94. The van der Waals surface area contributed by atoms with Crippen LogP contribution in [0.1, 0.15) is 30.1 Å². The Balaban J connectivity index is 1.75. The fraction of sp³-hybridized carbons (Fsp3) is 0.562. The second-order valence-electron chi connectivity index (χ2n) is 5.35. The van der Waals surface area contributed by atoms with Gasteiger partial charge in [0.25, 0.3) is 5.91 Å². The van der Waals surface area contributed by atoms with Crippen molar-refractivity contribution >= 4 is 11.6 Å². The van der Waals surface area contributed by atoms with Gasteiger partial charge in [-0.25, -0.2) is 0 Å². The predicted molar refractivity (Wildman–Crippen MR) is 81.1 cm³/mol. The molecule has 110 valence electrons. The van der Waals surface area contributed by atoms with Crippen molar-refractivity contribution in [3.8, 4) is 0 Å². The minimum Gasteiger partial charge on any atom is -0.385 e. The van der Waals surface area contributed by atoms with E-state index in [1.54, 1.807) is 4.90 Å². The number of carbonyl (C=O) groups excluding carboxylic acids is 1. The molecule has 0 radical (unpaired) electrons. The Labute approximate surface area is 121 Å². The molecule has 0 unspecified atom stereocenters. The molecule has 1 aromatic rings. The molecular weight excluding hydrogens is 252 g/mol. The molecule has 0 aromatic heterocycles. The first-order valence-corrected chi connectivity index (χ1v) is 7.38. The summed E-state index contributed by atoms with van der Waals surface area (Å²) < 4.78 is 5.56. The van der Waals surface area contributed by atoms with Crippen molar-refractivity contribution < 1.29 is 9.53 Å². The lowest BCUT2D eigenvalue weighted by molar-refractivity contribution is 0.0681. The Morgan fingerprint density at radius 3 is 2.65 bits per heavy atom. The van der Waals surface area contributed by atoms with Gasteiger partial charge in [0.1, 0.15) is 0 Å². The highest BCUT2D eigenvalue weighted by Crippen LogP contribution is 2.28. The molecule has 4 nitrogen and oxygen atoms in total. The van der Waals surface area contributed by atoms with Crippen LogP contribution in [0.2, 0.25) is 0 Å². The van der Waals surface area contributed by atoms with Gasteiger partial charge in [0.05, 0.1) is 6.61 Å². The summed E-state index contributed by atoms with van der Waals surface area (Å²) in [5.41, 5.74) is 1.76. The van der Waals surface area contributed by atoms with Crippen molar-refractivity contribution in [2.24, 2.45) is 5.92 Å². The molecule has 1 aliphatic rings. The van der Waals surface area contributed by atoms with Crippen molar-refractivity contribution in [2.75, 3.05) is 38.7 Å². The van der Waals surface area contributed by atoms with E-state index >= 15 is 0 Å². The second kappa shape index (κ2) is 7.29. The Bertz CT molecular complexity index is 427. The van der Waals surface area contributed by atoms with Crippen molar-refractivity contribution in [3.05, 3.63) is 29.8 Å². The van der Waals surface area contributed by atoms with Gasteiger partial charge in [-0.3, -0.25) is 4.79 Å². The fourth-order valence-corrected chi connectivity index (χ4v) is 1.99. The summed E-state index contributed by atoms with van der Waals surface area (Å²) >= 11 is 0. The smallest absolute Gasteiger partial charge is 0.253 e. The number of hydrogen-bond acceptors (Lipinski definition) is 3. The van der Waals surface area contributed by atoms with Crippen LogP contribution < -0.4 is 5.32 Å². The Hall–Kier alpha value is -1.55. The summed E-state index contributed by atoms with van der Waals surface area (Å²) in [5, 5.41) is 3.22. The lowest BCUT2D eigenvalue weighted by Crippen LogP contribution is -2.30. The van der Waals surface area contributed by atoms with E-state index in [-0.39, 0.29) is 5.91 Å². The highest BCUT2D eigenvalue weighted by atomic mass is 16.5. The molecule has 1 aromatic carbocycles. The van der Waals surface area contributed by atoms with Gasteiger partial charge in [0.2, 0.25) is 0 Å². The Morgan fingerprint density at radius 2 is 2.05 bits per heavy atom. The van der Waals surface area contributed by atoms with Crippen LogP contribution in [0.3, 0.4) is 0 Å². The third kappa shape index (κ3) is 4.53. The zero-order valence-electron chi connectivity index (χ0n) is 12.4. The van der Waals surface area contributed by atoms with E-state index in [9.17, 15) is 4.79 Å². The molecule has 1 amide bonds. The standard InChI is InChI=1S/C16H24N2O2/c1-3-17-15-8-6-14(7-9-15)16(19)18(2)10-11-20-12-13-4-5-13/h6-9,13,17H,3-5,10-12H2,1-2H3. The molecule has 0 bridgehead atoms. The summed E-state index contributed by atoms with van der Waals surface area (Å²) in [6.45, 7) is 5.04. The first-order chi connectivity index (χ1) is 9.70. The number of carbonyl (C=O) groups is 1. The van der Waals surface area contributed by atoms with E-state index in [0.717, 1.165) is 30.3 Å². The molecule has 1 N–H and O–H groups in total. The van der Waals surface area contributed by atoms with Crippen LogP contribution in [0, 0.1) is 5.92 Å². The average molecular weight is 276 g/mol. The summed E-state index contributed by atoms with van der Waals surface area (Å²) in [6, 6.07) is 7.60. The van der Waals surface area contributed by atoms with E-state index in [4.69, 9.17) is 4.74 Å². The van der Waals surface area contributed by atoms with Crippen molar-refractivity contribution in [1.29, 1.82) is 0 Å². The minimum absolute atomic E-state index is 0.0445. The van der Waals surface area contributed by atoms with Crippen LogP contribution in [-0.4, -0.2) is 44.2 Å². The monoisotopic (exact) mass is 276 g/mol. The molecule has 0 aliphatic heterocycles. The van der Waals surface area contributed by atoms with Gasteiger partial charge < -0.3 is 15.0 Å². The van der Waals surface area contributed by atoms with E-state index in [2.05, 4.69) is 12.2 Å². The summed E-state index contributed by atoms with van der Waals surface area (Å²) in [4.78, 5) is 13.9.